The summed E-state index contributed by atoms with van der Waals surface area (Å²) < 4.78 is 26.1. The number of benzene rings is 3. The molecule has 0 amide bonds. The summed E-state index contributed by atoms with van der Waals surface area (Å²) in [7, 11) is 0. The predicted molar refractivity (Wildman–Crippen MR) is 128 cm³/mol. The third-order valence-corrected chi connectivity index (χ3v) is 5.87. The summed E-state index contributed by atoms with van der Waals surface area (Å²) in [6.45, 7) is -2.50. The Kier molecular flexibility index (Phi) is 3.37. The molecule has 3 aromatic heterocycles. The van der Waals surface area contributed by atoms with E-state index in [9.17, 15) is 5.26 Å². The highest BCUT2D eigenvalue weighted by Gasteiger charge is 2.19. The van der Waals surface area contributed by atoms with Crippen molar-refractivity contribution in [1.29, 1.82) is 5.26 Å². The second-order valence-corrected chi connectivity index (χ2v) is 7.62. The first-order valence-corrected chi connectivity index (χ1v) is 10.3. The first kappa shape index (κ1) is 15.3. The average Bonchev–Trinajstić information content (AvgIpc) is 3.30. The van der Waals surface area contributed by atoms with E-state index in [1.807, 2.05) is 60.7 Å². The van der Waals surface area contributed by atoms with Crippen molar-refractivity contribution in [2.24, 2.45) is 0 Å². The highest BCUT2D eigenvalue weighted by Crippen LogP contribution is 2.37. The van der Waals surface area contributed by atoms with Gasteiger partial charge in [0.05, 0.1) is 22.2 Å². The van der Waals surface area contributed by atoms with Gasteiger partial charge in [-0.05, 0) is 41.2 Å². The Balaban J connectivity index is 1.73. The van der Waals surface area contributed by atoms with Crippen molar-refractivity contribution < 1.29 is 4.11 Å². The van der Waals surface area contributed by atoms with E-state index in [4.69, 9.17) is 4.11 Å². The van der Waals surface area contributed by atoms with Crippen LogP contribution in [0.15, 0.2) is 91.1 Å². The van der Waals surface area contributed by atoms with E-state index in [0.717, 1.165) is 27.6 Å². The lowest BCUT2D eigenvalue weighted by molar-refractivity contribution is 1.14. The average molecular weight is 413 g/mol. The lowest BCUT2D eigenvalue weighted by Gasteiger charge is -2.13. The molecule has 150 valence electrons. The van der Waals surface area contributed by atoms with Crippen LogP contribution in [0.25, 0.3) is 49.6 Å². The molecule has 0 atom stereocenters. The number of hydrogen-bond donors (Lipinski definition) is 0. The second kappa shape index (κ2) is 7.04. The van der Waals surface area contributed by atoms with Crippen molar-refractivity contribution in [2.45, 2.75) is 6.85 Å². The molecule has 0 spiro atoms. The molecule has 3 aromatic carbocycles. The van der Waals surface area contributed by atoms with Gasteiger partial charge in [-0.15, -0.1) is 0 Å². The van der Waals surface area contributed by atoms with Crippen molar-refractivity contribution in [3.63, 3.8) is 0 Å². The quantitative estimate of drug-likeness (QED) is 0.302. The topological polar surface area (TPSA) is 54.0 Å². The van der Waals surface area contributed by atoms with E-state index in [-0.39, 0.29) is 11.5 Å². The Morgan fingerprint density at radius 2 is 1.56 bits per heavy atom. The zero-order valence-corrected chi connectivity index (χ0v) is 16.9. The molecule has 0 unspecified atom stereocenters. The van der Waals surface area contributed by atoms with Crippen LogP contribution in [0.5, 0.6) is 0 Å². The third kappa shape index (κ3) is 2.62. The number of para-hydroxylation sites is 1. The van der Waals surface area contributed by atoms with Crippen LogP contribution in [0.1, 0.15) is 15.6 Å². The van der Waals surface area contributed by atoms with Crippen molar-refractivity contribution >= 4 is 27.3 Å². The second-order valence-electron chi connectivity index (χ2n) is 7.62. The van der Waals surface area contributed by atoms with Crippen LogP contribution in [0, 0.1) is 18.2 Å². The minimum atomic E-state index is -2.50. The zero-order chi connectivity index (χ0) is 24.2. The number of nitrogens with zero attached hydrogens (tertiary/aromatic N) is 4. The van der Waals surface area contributed by atoms with Gasteiger partial charge in [0.25, 0.3) is 0 Å². The molecule has 0 N–H and O–H groups in total. The van der Waals surface area contributed by atoms with Gasteiger partial charge in [0, 0.05) is 21.1 Å². The van der Waals surface area contributed by atoms with E-state index >= 15 is 0 Å². The molecule has 3 heterocycles. The molecule has 0 aliphatic rings. The smallest absolute Gasteiger partial charge is 0.218 e. The van der Waals surface area contributed by atoms with Gasteiger partial charge >= 0.3 is 0 Å². The van der Waals surface area contributed by atoms with Gasteiger partial charge in [0.1, 0.15) is 6.07 Å². The Morgan fingerprint density at radius 1 is 0.844 bits per heavy atom. The van der Waals surface area contributed by atoms with Crippen LogP contribution >= 0.6 is 0 Å². The maximum Gasteiger partial charge on any atom is 0.218 e. The van der Waals surface area contributed by atoms with Crippen LogP contribution < -0.4 is 0 Å². The number of pyridine rings is 2. The van der Waals surface area contributed by atoms with Crippen LogP contribution in [0.2, 0.25) is 0 Å². The number of aromatic nitrogens is 3. The van der Waals surface area contributed by atoms with Gasteiger partial charge in [-0.25, -0.2) is 4.98 Å². The fraction of sp³-hybridized carbons (Fsp3) is 0.0357. The number of imidazole rings is 1. The summed E-state index contributed by atoms with van der Waals surface area (Å²) in [6.07, 6.45) is 1.74. The Morgan fingerprint density at radius 3 is 2.34 bits per heavy atom. The van der Waals surface area contributed by atoms with Gasteiger partial charge in [0.2, 0.25) is 5.82 Å². The number of fused-ring (bicyclic) bond motifs is 6. The molecule has 0 saturated heterocycles. The first-order valence-electron chi connectivity index (χ1n) is 11.8. The van der Waals surface area contributed by atoms with Crippen LogP contribution in [0.3, 0.4) is 0 Å². The predicted octanol–water partition coefficient (Wildman–Crippen LogP) is 6.55. The molecule has 4 nitrogen and oxygen atoms in total. The molecular weight excluding hydrogens is 392 g/mol. The molecular formula is C28H18N4. The van der Waals surface area contributed by atoms with Gasteiger partial charge in [-0.1, -0.05) is 72.8 Å². The van der Waals surface area contributed by atoms with Crippen LogP contribution in [-0.4, -0.2) is 14.4 Å². The molecule has 0 saturated carbocycles. The standard InChI is InChI=1S/C28H18N4/c1-18-28-26-22(21-13-11-20(12-14-21)19-7-3-2-4-8-19)15-16-30-27(26)23-9-5-6-10-24(23)32(28)25(17-29)31-18/h2-16H,1H3/i1D3. The van der Waals surface area contributed by atoms with Crippen molar-refractivity contribution in [3.8, 4) is 28.3 Å². The third-order valence-electron chi connectivity index (χ3n) is 5.87. The lowest BCUT2D eigenvalue weighted by Crippen LogP contribution is -1.96. The van der Waals surface area contributed by atoms with E-state index in [2.05, 4.69) is 40.3 Å². The largest absolute Gasteiger partial charge is 0.283 e. The van der Waals surface area contributed by atoms with Crippen molar-refractivity contribution in [1.82, 2.24) is 14.4 Å². The van der Waals surface area contributed by atoms with E-state index in [1.165, 1.54) is 0 Å². The lowest BCUT2D eigenvalue weighted by atomic mass is 9.96. The van der Waals surface area contributed by atoms with Crippen LogP contribution in [-0.2, 0) is 0 Å². The minimum absolute atomic E-state index is 0.0402. The molecule has 6 aromatic rings. The molecule has 4 heteroatoms. The van der Waals surface area contributed by atoms with Gasteiger partial charge in [-0.3, -0.25) is 9.38 Å². The van der Waals surface area contributed by atoms with Crippen LogP contribution in [0.4, 0.5) is 0 Å². The first-order chi connectivity index (χ1) is 17.0. The van der Waals surface area contributed by atoms with E-state index < -0.39 is 6.85 Å². The summed E-state index contributed by atoms with van der Waals surface area (Å²) in [5.41, 5.74) is 5.62. The zero-order valence-electron chi connectivity index (χ0n) is 19.9. The highest BCUT2D eigenvalue weighted by atomic mass is 15.0. The molecule has 6 rings (SSSR count). The number of rotatable bonds is 2. The fourth-order valence-corrected chi connectivity index (χ4v) is 4.45. The molecule has 0 fully saturated rings. The highest BCUT2D eigenvalue weighted by molar-refractivity contribution is 6.16. The Hall–Kier alpha value is -4.49. The summed E-state index contributed by atoms with van der Waals surface area (Å²) >= 11 is 0. The van der Waals surface area contributed by atoms with Gasteiger partial charge < -0.3 is 0 Å². The maximum atomic E-state index is 9.84. The fourth-order valence-electron chi connectivity index (χ4n) is 4.45. The molecule has 0 aliphatic heterocycles. The summed E-state index contributed by atoms with van der Waals surface area (Å²) in [6, 6.07) is 29.8. The molecule has 32 heavy (non-hydrogen) atoms. The minimum Gasteiger partial charge on any atom is -0.283 e. The number of aryl methyl sites for hydroxylation is 1. The Bertz CT molecular complexity index is 1780. The molecule has 0 bridgehead atoms. The summed E-state index contributed by atoms with van der Waals surface area (Å²) in [5, 5.41) is 11.3. The van der Waals surface area contributed by atoms with E-state index in [1.54, 1.807) is 10.6 Å². The normalized spacial score (nSPS) is 13.0. The molecule has 0 radical (unpaired) electrons. The van der Waals surface area contributed by atoms with E-state index in [0.29, 0.717) is 21.9 Å². The van der Waals surface area contributed by atoms with Crippen molar-refractivity contribution in [3.05, 3.63) is 103 Å². The van der Waals surface area contributed by atoms with Gasteiger partial charge in [0.15, 0.2) is 0 Å². The molecule has 0 aliphatic carbocycles. The van der Waals surface area contributed by atoms with Crippen molar-refractivity contribution in [2.75, 3.05) is 0 Å². The van der Waals surface area contributed by atoms with Gasteiger partial charge in [-0.2, -0.15) is 5.26 Å². The number of hydrogen-bond acceptors (Lipinski definition) is 3. The summed E-state index contributed by atoms with van der Waals surface area (Å²) in [5.74, 6) is 0.0402. The summed E-state index contributed by atoms with van der Waals surface area (Å²) in [4.78, 5) is 8.94. The maximum absolute atomic E-state index is 9.84. The number of nitriles is 1. The monoisotopic (exact) mass is 413 g/mol. The SMILES string of the molecule is [2H]C([2H])([2H])c1nc(C#N)n2c3ccccc3c3nccc(-c4ccc(-c5ccccc5)cc4)c3c12. The Labute approximate surface area is 189 Å².